The van der Waals surface area contributed by atoms with Gasteiger partial charge in [-0.1, -0.05) is 50.3 Å². The van der Waals surface area contributed by atoms with Crippen LogP contribution in [0.2, 0.25) is 0 Å². The number of nitrogens with one attached hydrogen (secondary N) is 2. The van der Waals surface area contributed by atoms with E-state index in [9.17, 15) is 10.1 Å². The Morgan fingerprint density at radius 1 is 1.30 bits per heavy atom. The van der Waals surface area contributed by atoms with Crippen LogP contribution in [-0.2, 0) is 17.6 Å². The summed E-state index contributed by atoms with van der Waals surface area (Å²) in [5, 5.41) is 25.8. The molecule has 2 aliphatic rings. The summed E-state index contributed by atoms with van der Waals surface area (Å²) in [7, 11) is 0. The fraction of sp³-hybridized carbons (Fsp3) is 0.619. The standard InChI is InChI=1S/C21H27N5OS3/c1-4-21(2,3)12-5-8-14-15(10-22)18(29-16(14)9-12)24-17(27)11-28-20-26-25-19(30-20)23-13-6-7-13/h12-13H,4-9,11H2,1-3H3,(H,23,25)(H,24,27). The molecule has 1 saturated carbocycles. The first-order chi connectivity index (χ1) is 14.4. The predicted octanol–water partition coefficient (Wildman–Crippen LogP) is 5.32. The van der Waals surface area contributed by atoms with E-state index in [-0.39, 0.29) is 11.7 Å². The molecule has 2 N–H and O–H groups in total. The second-order valence-corrected chi connectivity index (χ2v) is 12.0. The molecule has 0 aliphatic heterocycles. The van der Waals surface area contributed by atoms with Crippen molar-refractivity contribution in [3.8, 4) is 6.07 Å². The number of hydrogen-bond acceptors (Lipinski definition) is 8. The van der Waals surface area contributed by atoms with Crippen LogP contribution >= 0.6 is 34.4 Å². The van der Waals surface area contributed by atoms with Crippen LogP contribution in [0.3, 0.4) is 0 Å². The second kappa shape index (κ2) is 8.85. The zero-order valence-electron chi connectivity index (χ0n) is 17.6. The van der Waals surface area contributed by atoms with Gasteiger partial charge in [0, 0.05) is 10.9 Å². The number of thiophene rings is 1. The minimum Gasteiger partial charge on any atom is -0.357 e. The van der Waals surface area contributed by atoms with E-state index >= 15 is 0 Å². The van der Waals surface area contributed by atoms with Gasteiger partial charge in [0.2, 0.25) is 11.0 Å². The SMILES string of the molecule is CCC(C)(C)C1CCc2c(sc(NC(=O)CSc3nnc(NC4CC4)s3)c2C#N)C1. The quantitative estimate of drug-likeness (QED) is 0.517. The topological polar surface area (TPSA) is 90.7 Å². The van der Waals surface area contributed by atoms with Gasteiger partial charge in [-0.05, 0) is 49.0 Å². The molecule has 0 aromatic carbocycles. The monoisotopic (exact) mass is 461 g/mol. The molecule has 1 fully saturated rings. The Bertz CT molecular complexity index is 970. The van der Waals surface area contributed by atoms with Crippen LogP contribution < -0.4 is 10.6 Å². The molecule has 0 spiro atoms. The van der Waals surface area contributed by atoms with Crippen LogP contribution in [-0.4, -0.2) is 27.9 Å². The number of anilines is 2. The maximum atomic E-state index is 12.5. The molecule has 2 heterocycles. The average molecular weight is 462 g/mol. The molecule has 1 unspecified atom stereocenters. The van der Waals surface area contributed by atoms with Gasteiger partial charge < -0.3 is 10.6 Å². The van der Waals surface area contributed by atoms with Crippen LogP contribution in [0.5, 0.6) is 0 Å². The molecule has 2 aliphatic carbocycles. The molecule has 2 aromatic rings. The lowest BCUT2D eigenvalue weighted by atomic mass is 9.69. The van der Waals surface area contributed by atoms with Gasteiger partial charge in [0.1, 0.15) is 11.1 Å². The van der Waals surface area contributed by atoms with Crippen LogP contribution in [0.25, 0.3) is 0 Å². The molecular weight excluding hydrogens is 434 g/mol. The molecule has 9 heteroatoms. The summed E-state index contributed by atoms with van der Waals surface area (Å²) < 4.78 is 0.781. The Labute approximate surface area is 189 Å². The molecule has 30 heavy (non-hydrogen) atoms. The van der Waals surface area contributed by atoms with Crippen molar-refractivity contribution in [1.82, 2.24) is 10.2 Å². The van der Waals surface area contributed by atoms with E-state index in [1.165, 1.54) is 40.8 Å². The van der Waals surface area contributed by atoms with Crippen LogP contribution in [0.1, 0.15) is 62.5 Å². The van der Waals surface area contributed by atoms with E-state index in [0.29, 0.717) is 27.9 Å². The number of thioether (sulfide) groups is 1. The highest BCUT2D eigenvalue weighted by atomic mass is 32.2. The summed E-state index contributed by atoms with van der Waals surface area (Å²) in [6.07, 6.45) is 6.56. The number of fused-ring (bicyclic) bond motifs is 1. The Kier molecular flexibility index (Phi) is 6.37. The van der Waals surface area contributed by atoms with Gasteiger partial charge in [0.15, 0.2) is 4.34 Å². The van der Waals surface area contributed by atoms with Gasteiger partial charge >= 0.3 is 0 Å². The maximum absolute atomic E-state index is 12.5. The molecule has 1 amide bonds. The van der Waals surface area contributed by atoms with Crippen LogP contribution in [0.15, 0.2) is 4.34 Å². The van der Waals surface area contributed by atoms with E-state index < -0.39 is 0 Å². The smallest absolute Gasteiger partial charge is 0.235 e. The van der Waals surface area contributed by atoms with Gasteiger partial charge in [-0.3, -0.25) is 4.79 Å². The lowest BCUT2D eigenvalue weighted by molar-refractivity contribution is -0.113. The highest BCUT2D eigenvalue weighted by molar-refractivity contribution is 8.01. The number of amides is 1. The zero-order chi connectivity index (χ0) is 21.3. The number of carbonyl (C=O) groups excluding carboxylic acids is 1. The van der Waals surface area contributed by atoms with Crippen LogP contribution in [0.4, 0.5) is 10.1 Å². The number of nitrogens with zero attached hydrogens (tertiary/aromatic N) is 3. The first-order valence-corrected chi connectivity index (χ1v) is 13.1. The van der Waals surface area contributed by atoms with E-state index in [0.717, 1.165) is 40.7 Å². The summed E-state index contributed by atoms with van der Waals surface area (Å²) in [4.78, 5) is 13.8. The molecule has 4 rings (SSSR count). The highest BCUT2D eigenvalue weighted by Gasteiger charge is 2.34. The minimum absolute atomic E-state index is 0.104. The van der Waals surface area contributed by atoms with E-state index in [2.05, 4.69) is 47.7 Å². The fourth-order valence-electron chi connectivity index (χ4n) is 3.77. The third-order valence-corrected chi connectivity index (χ3v) is 9.44. The fourth-order valence-corrected chi connectivity index (χ4v) is 6.69. The lowest BCUT2D eigenvalue weighted by Gasteiger charge is -2.36. The molecule has 0 bridgehead atoms. The van der Waals surface area contributed by atoms with Gasteiger partial charge in [-0.2, -0.15) is 5.26 Å². The van der Waals surface area contributed by atoms with Crippen molar-refractivity contribution in [2.75, 3.05) is 16.4 Å². The number of hydrogen-bond donors (Lipinski definition) is 2. The summed E-state index contributed by atoms with van der Waals surface area (Å²) in [5.74, 6) is 0.777. The number of aromatic nitrogens is 2. The molecule has 160 valence electrons. The van der Waals surface area contributed by atoms with Crippen LogP contribution in [0, 0.1) is 22.7 Å². The summed E-state index contributed by atoms with van der Waals surface area (Å²) in [6.45, 7) is 6.91. The number of rotatable bonds is 8. The third-order valence-electron chi connectivity index (χ3n) is 6.28. The Hall–Kier alpha value is -1.63. The van der Waals surface area contributed by atoms with Crippen molar-refractivity contribution in [1.29, 1.82) is 5.26 Å². The average Bonchev–Trinajstić information content (AvgIpc) is 3.31. The van der Waals surface area contributed by atoms with Gasteiger partial charge in [-0.25, -0.2) is 0 Å². The molecule has 0 radical (unpaired) electrons. The van der Waals surface area contributed by atoms with Crippen molar-refractivity contribution in [3.63, 3.8) is 0 Å². The minimum atomic E-state index is -0.104. The molecule has 1 atom stereocenters. The van der Waals surface area contributed by atoms with Crippen molar-refractivity contribution in [3.05, 3.63) is 16.0 Å². The van der Waals surface area contributed by atoms with E-state index in [1.54, 1.807) is 11.3 Å². The van der Waals surface area contributed by atoms with E-state index in [4.69, 9.17) is 0 Å². The molecule has 2 aromatic heterocycles. The largest absolute Gasteiger partial charge is 0.357 e. The van der Waals surface area contributed by atoms with Crippen molar-refractivity contribution < 1.29 is 4.79 Å². The predicted molar refractivity (Wildman–Crippen MR) is 125 cm³/mol. The Balaban J connectivity index is 1.37. The van der Waals surface area contributed by atoms with Gasteiger partial charge in [-0.15, -0.1) is 21.5 Å². The molecular formula is C21H27N5OS3. The summed E-state index contributed by atoms with van der Waals surface area (Å²) in [5.41, 5.74) is 2.10. The summed E-state index contributed by atoms with van der Waals surface area (Å²) >= 11 is 4.46. The Morgan fingerprint density at radius 3 is 2.80 bits per heavy atom. The maximum Gasteiger partial charge on any atom is 0.235 e. The third kappa shape index (κ3) is 4.82. The first kappa shape index (κ1) is 21.6. The van der Waals surface area contributed by atoms with Crippen molar-refractivity contribution >= 4 is 50.5 Å². The zero-order valence-corrected chi connectivity index (χ0v) is 20.0. The van der Waals surface area contributed by atoms with Gasteiger partial charge in [0.05, 0.1) is 11.3 Å². The number of nitriles is 1. The first-order valence-electron chi connectivity index (χ1n) is 10.5. The second-order valence-electron chi connectivity index (χ2n) is 8.73. The summed E-state index contributed by atoms with van der Waals surface area (Å²) in [6, 6.07) is 2.88. The van der Waals surface area contributed by atoms with Crippen molar-refractivity contribution in [2.45, 2.75) is 69.7 Å². The highest BCUT2D eigenvalue weighted by Crippen LogP contribution is 2.45. The molecule has 6 nitrogen and oxygen atoms in total. The lowest BCUT2D eigenvalue weighted by Crippen LogP contribution is -2.28. The normalized spacial score (nSPS) is 18.5. The Morgan fingerprint density at radius 2 is 2.10 bits per heavy atom. The number of carbonyl (C=O) groups is 1. The van der Waals surface area contributed by atoms with Crippen molar-refractivity contribution in [2.24, 2.45) is 11.3 Å². The van der Waals surface area contributed by atoms with Gasteiger partial charge in [0.25, 0.3) is 0 Å². The van der Waals surface area contributed by atoms with E-state index in [1.807, 2.05) is 0 Å². The molecule has 0 saturated heterocycles.